The van der Waals surface area contributed by atoms with Gasteiger partial charge in [0.25, 0.3) is 0 Å². The third kappa shape index (κ3) is 1.68. The second-order valence-electron chi connectivity index (χ2n) is 4.63. The number of hydrogen-bond donors (Lipinski definition) is 2. The highest BCUT2D eigenvalue weighted by atomic mass is 15.3. The van der Waals surface area contributed by atoms with E-state index in [4.69, 9.17) is 10.8 Å². The fourth-order valence-corrected chi connectivity index (χ4v) is 2.34. The zero-order valence-electron chi connectivity index (χ0n) is 9.00. The van der Waals surface area contributed by atoms with Gasteiger partial charge in [0.15, 0.2) is 0 Å². The van der Waals surface area contributed by atoms with E-state index in [0.29, 0.717) is 6.54 Å². The van der Waals surface area contributed by atoms with Crippen LogP contribution in [0.25, 0.3) is 0 Å². The van der Waals surface area contributed by atoms with Crippen LogP contribution in [0.1, 0.15) is 29.8 Å². The molecule has 1 aliphatic heterocycles. The molecule has 0 unspecified atom stereocenters. The van der Waals surface area contributed by atoms with Crippen LogP contribution in [0.2, 0.25) is 0 Å². The van der Waals surface area contributed by atoms with E-state index in [1.807, 2.05) is 0 Å². The van der Waals surface area contributed by atoms with Gasteiger partial charge >= 0.3 is 0 Å². The maximum absolute atomic E-state index is 5.83. The van der Waals surface area contributed by atoms with Crippen LogP contribution in [0.4, 0.5) is 0 Å². The molecule has 0 bridgehead atoms. The van der Waals surface area contributed by atoms with Gasteiger partial charge in [-0.25, -0.2) is 0 Å². The zero-order chi connectivity index (χ0) is 10.3. The summed E-state index contributed by atoms with van der Waals surface area (Å²) in [4.78, 5) is 0. The van der Waals surface area contributed by atoms with E-state index in [0.717, 1.165) is 32.0 Å². The van der Waals surface area contributed by atoms with Gasteiger partial charge in [-0.2, -0.15) is 5.10 Å². The summed E-state index contributed by atoms with van der Waals surface area (Å²) in [6.45, 7) is 3.71. The molecule has 2 heterocycles. The molecule has 1 fully saturated rings. The molecule has 4 heteroatoms. The number of nitrogens with two attached hydrogens (primary N) is 1. The number of rotatable bonds is 3. The van der Waals surface area contributed by atoms with Crippen molar-refractivity contribution in [1.29, 1.82) is 0 Å². The van der Waals surface area contributed by atoms with Crippen molar-refractivity contribution in [2.75, 3.05) is 6.54 Å². The molecular weight excluding hydrogens is 188 g/mol. The molecule has 0 amide bonds. The minimum atomic E-state index is 0.622. The molecule has 1 saturated carbocycles. The Kier molecular flexibility index (Phi) is 2.25. The monoisotopic (exact) mass is 206 g/mol. The highest BCUT2D eigenvalue weighted by Gasteiger charge is 2.25. The minimum Gasteiger partial charge on any atom is -0.325 e. The second kappa shape index (κ2) is 3.61. The molecular formula is C11H18N4. The molecule has 1 aromatic rings. The lowest BCUT2D eigenvalue weighted by Gasteiger charge is -2.12. The number of aromatic nitrogens is 2. The Bertz CT molecular complexity index is 365. The van der Waals surface area contributed by atoms with Gasteiger partial charge in [0.2, 0.25) is 0 Å². The Morgan fingerprint density at radius 3 is 3.07 bits per heavy atom. The van der Waals surface area contributed by atoms with Gasteiger partial charge in [0.05, 0.1) is 11.4 Å². The van der Waals surface area contributed by atoms with Gasteiger partial charge in [0, 0.05) is 38.2 Å². The third-order valence-electron chi connectivity index (χ3n) is 3.41. The summed E-state index contributed by atoms with van der Waals surface area (Å²) >= 11 is 0. The first-order valence-electron chi connectivity index (χ1n) is 5.86. The molecule has 0 spiro atoms. The van der Waals surface area contributed by atoms with Crippen LogP contribution in [-0.4, -0.2) is 16.3 Å². The maximum atomic E-state index is 5.83. The minimum absolute atomic E-state index is 0.622. The van der Waals surface area contributed by atoms with Crippen molar-refractivity contribution in [1.82, 2.24) is 15.1 Å². The highest BCUT2D eigenvalue weighted by Crippen LogP contribution is 2.31. The summed E-state index contributed by atoms with van der Waals surface area (Å²) in [6, 6.07) is 0. The molecule has 3 rings (SSSR count). The van der Waals surface area contributed by atoms with Crippen LogP contribution in [-0.2, 0) is 26.1 Å². The van der Waals surface area contributed by atoms with E-state index in [2.05, 4.69) is 10.00 Å². The quantitative estimate of drug-likeness (QED) is 0.752. The number of fused-ring (bicyclic) bond motifs is 1. The van der Waals surface area contributed by atoms with E-state index in [-0.39, 0.29) is 0 Å². The van der Waals surface area contributed by atoms with Crippen molar-refractivity contribution >= 4 is 0 Å². The fourth-order valence-electron chi connectivity index (χ4n) is 2.34. The lowest BCUT2D eigenvalue weighted by atomic mass is 10.1. The van der Waals surface area contributed by atoms with Crippen LogP contribution in [0.15, 0.2) is 0 Å². The summed E-state index contributed by atoms with van der Waals surface area (Å²) in [7, 11) is 0. The van der Waals surface area contributed by atoms with Crippen LogP contribution < -0.4 is 11.1 Å². The predicted octanol–water partition coefficient (Wildman–Crippen LogP) is 0.397. The Labute approximate surface area is 89.8 Å². The average molecular weight is 206 g/mol. The van der Waals surface area contributed by atoms with Crippen LogP contribution >= 0.6 is 0 Å². The Hall–Kier alpha value is -0.870. The summed E-state index contributed by atoms with van der Waals surface area (Å²) in [5.41, 5.74) is 9.72. The molecule has 0 radical (unpaired) electrons. The molecule has 0 atom stereocenters. The first kappa shape index (κ1) is 9.36. The van der Waals surface area contributed by atoms with E-state index in [9.17, 15) is 0 Å². The van der Waals surface area contributed by atoms with E-state index in [1.54, 1.807) is 0 Å². The maximum Gasteiger partial charge on any atom is 0.0685 e. The topological polar surface area (TPSA) is 55.9 Å². The van der Waals surface area contributed by atoms with Crippen LogP contribution in [0.5, 0.6) is 0 Å². The van der Waals surface area contributed by atoms with Gasteiger partial charge < -0.3 is 11.1 Å². The summed E-state index contributed by atoms with van der Waals surface area (Å²) in [5, 5.41) is 8.09. The number of nitrogens with zero attached hydrogens (tertiary/aromatic N) is 2. The number of nitrogens with one attached hydrogen (secondary N) is 1. The van der Waals surface area contributed by atoms with Gasteiger partial charge in [-0.05, 0) is 18.8 Å². The second-order valence-corrected chi connectivity index (χ2v) is 4.63. The van der Waals surface area contributed by atoms with E-state index in [1.165, 1.54) is 29.8 Å². The molecule has 15 heavy (non-hydrogen) atoms. The summed E-state index contributed by atoms with van der Waals surface area (Å²) in [6.07, 6.45) is 3.79. The molecule has 4 nitrogen and oxygen atoms in total. The summed E-state index contributed by atoms with van der Waals surface area (Å²) in [5.74, 6) is 0.865. The molecule has 3 N–H and O–H groups in total. The predicted molar refractivity (Wildman–Crippen MR) is 58.3 cm³/mol. The van der Waals surface area contributed by atoms with Gasteiger partial charge in [-0.15, -0.1) is 0 Å². The molecule has 1 aromatic heterocycles. The lowest BCUT2D eigenvalue weighted by Crippen LogP contribution is -2.24. The van der Waals surface area contributed by atoms with Crippen molar-refractivity contribution in [3.05, 3.63) is 17.0 Å². The lowest BCUT2D eigenvalue weighted by molar-refractivity contribution is 0.535. The van der Waals surface area contributed by atoms with Crippen LogP contribution in [0, 0.1) is 5.92 Å². The van der Waals surface area contributed by atoms with Crippen molar-refractivity contribution < 1.29 is 0 Å². The largest absolute Gasteiger partial charge is 0.325 e. The SMILES string of the molecule is NCc1c2c(nn1CC1CC1)CCNC2. The zero-order valence-corrected chi connectivity index (χ0v) is 9.00. The number of hydrogen-bond acceptors (Lipinski definition) is 3. The van der Waals surface area contributed by atoms with Gasteiger partial charge in [-0.3, -0.25) is 4.68 Å². The smallest absolute Gasteiger partial charge is 0.0685 e. The van der Waals surface area contributed by atoms with Gasteiger partial charge in [0.1, 0.15) is 0 Å². The highest BCUT2D eigenvalue weighted by molar-refractivity contribution is 5.28. The Balaban J connectivity index is 1.93. The normalized spacial score (nSPS) is 20.3. The van der Waals surface area contributed by atoms with Crippen molar-refractivity contribution in [2.24, 2.45) is 11.7 Å². The Morgan fingerprint density at radius 1 is 1.47 bits per heavy atom. The van der Waals surface area contributed by atoms with E-state index >= 15 is 0 Å². The average Bonchev–Trinajstić information content (AvgIpc) is 2.99. The molecule has 2 aliphatic rings. The first-order chi connectivity index (χ1) is 7.38. The third-order valence-corrected chi connectivity index (χ3v) is 3.41. The summed E-state index contributed by atoms with van der Waals surface area (Å²) < 4.78 is 2.16. The molecule has 0 saturated heterocycles. The van der Waals surface area contributed by atoms with Crippen molar-refractivity contribution in [3.63, 3.8) is 0 Å². The molecule has 82 valence electrons. The van der Waals surface area contributed by atoms with Crippen LogP contribution in [0.3, 0.4) is 0 Å². The van der Waals surface area contributed by atoms with Crippen molar-refractivity contribution in [2.45, 2.75) is 38.9 Å². The first-order valence-corrected chi connectivity index (χ1v) is 5.86. The van der Waals surface area contributed by atoms with Crippen molar-refractivity contribution in [3.8, 4) is 0 Å². The van der Waals surface area contributed by atoms with E-state index < -0.39 is 0 Å². The molecule has 1 aliphatic carbocycles. The van der Waals surface area contributed by atoms with Gasteiger partial charge in [-0.1, -0.05) is 0 Å². The Morgan fingerprint density at radius 2 is 2.33 bits per heavy atom. The standard InChI is InChI=1S/C11H18N4/c12-5-11-9-6-13-4-3-10(9)14-15(11)7-8-1-2-8/h8,13H,1-7,12H2. The molecule has 0 aromatic carbocycles. The fraction of sp³-hybridized carbons (Fsp3) is 0.727.